The summed E-state index contributed by atoms with van der Waals surface area (Å²) < 4.78 is 11.2. The lowest BCUT2D eigenvalue weighted by molar-refractivity contribution is -0.156. The zero-order valence-electron chi connectivity index (χ0n) is 16.5. The molecule has 4 nitrogen and oxygen atoms in total. The smallest absolute Gasteiger partial charge is 0.310 e. The van der Waals surface area contributed by atoms with Gasteiger partial charge in [-0.2, -0.15) is 0 Å². The van der Waals surface area contributed by atoms with Crippen molar-refractivity contribution in [2.45, 2.75) is 78.7 Å². The Kier molecular flexibility index (Phi) is 4.24. The van der Waals surface area contributed by atoms with E-state index in [1.165, 1.54) is 26.2 Å². The molecule has 4 rings (SSSR count). The number of fused-ring (bicyclic) bond motifs is 5. The molecule has 2 unspecified atom stereocenters. The summed E-state index contributed by atoms with van der Waals surface area (Å²) in [6.45, 7) is 8.35. The Morgan fingerprint density at radius 2 is 2.00 bits per heavy atom. The predicted molar refractivity (Wildman–Crippen MR) is 97.9 cm³/mol. The van der Waals surface area contributed by atoms with Crippen molar-refractivity contribution in [2.75, 3.05) is 0 Å². The van der Waals surface area contributed by atoms with E-state index in [1.807, 2.05) is 0 Å². The number of esters is 2. The second kappa shape index (κ2) is 6.10. The highest BCUT2D eigenvalue weighted by Crippen LogP contribution is 2.66. The standard InChI is InChI=1S/C22H32O4/c1-13(25-14(2)23)16-6-7-17-15-5-8-19-22(4,12-10-20(24)26-19)18(15)9-11-21(16,17)3/h8,13,15-18H,5-7,9-12H2,1-4H3/t13-,15-,16+,17-,18?,21?,22-/m0/s1. The van der Waals surface area contributed by atoms with Gasteiger partial charge in [0.2, 0.25) is 0 Å². The highest BCUT2D eigenvalue weighted by molar-refractivity contribution is 5.72. The van der Waals surface area contributed by atoms with E-state index in [9.17, 15) is 9.59 Å². The van der Waals surface area contributed by atoms with Crippen LogP contribution in [0.15, 0.2) is 11.8 Å². The van der Waals surface area contributed by atoms with Gasteiger partial charge in [0.05, 0.1) is 0 Å². The van der Waals surface area contributed by atoms with Crippen molar-refractivity contribution < 1.29 is 19.1 Å². The minimum atomic E-state index is -0.167. The van der Waals surface area contributed by atoms with E-state index in [0.29, 0.717) is 30.1 Å². The van der Waals surface area contributed by atoms with Crippen LogP contribution in [0.5, 0.6) is 0 Å². The lowest BCUT2D eigenvalue weighted by Gasteiger charge is -2.56. The Morgan fingerprint density at radius 1 is 1.23 bits per heavy atom. The van der Waals surface area contributed by atoms with Crippen LogP contribution in [-0.4, -0.2) is 18.0 Å². The molecule has 1 saturated heterocycles. The summed E-state index contributed by atoms with van der Waals surface area (Å²) in [5, 5.41) is 0. The van der Waals surface area contributed by atoms with Gasteiger partial charge in [0, 0.05) is 24.7 Å². The van der Waals surface area contributed by atoms with Crippen molar-refractivity contribution in [3.8, 4) is 0 Å². The zero-order valence-corrected chi connectivity index (χ0v) is 16.5. The third kappa shape index (κ3) is 2.55. The van der Waals surface area contributed by atoms with Gasteiger partial charge in [0.25, 0.3) is 0 Å². The van der Waals surface area contributed by atoms with Crippen LogP contribution in [0, 0.1) is 34.5 Å². The van der Waals surface area contributed by atoms with Gasteiger partial charge in [-0.15, -0.1) is 0 Å². The Morgan fingerprint density at radius 3 is 2.73 bits per heavy atom. The third-order valence-corrected chi connectivity index (χ3v) is 8.46. The zero-order chi connectivity index (χ0) is 18.7. The summed E-state index contributed by atoms with van der Waals surface area (Å²) in [5.74, 6) is 3.12. The molecule has 4 heteroatoms. The molecule has 0 bridgehead atoms. The largest absolute Gasteiger partial charge is 0.463 e. The van der Waals surface area contributed by atoms with Crippen LogP contribution >= 0.6 is 0 Å². The fourth-order valence-corrected chi connectivity index (χ4v) is 7.22. The number of allylic oxidation sites excluding steroid dienone is 2. The number of ether oxygens (including phenoxy) is 2. The molecular formula is C22H32O4. The van der Waals surface area contributed by atoms with Crippen molar-refractivity contribution in [2.24, 2.45) is 34.5 Å². The molecule has 3 fully saturated rings. The average Bonchev–Trinajstić information content (AvgIpc) is 2.92. The molecule has 0 aromatic heterocycles. The summed E-state index contributed by atoms with van der Waals surface area (Å²) in [4.78, 5) is 23.2. The van der Waals surface area contributed by atoms with Gasteiger partial charge >= 0.3 is 11.9 Å². The molecule has 0 amide bonds. The minimum absolute atomic E-state index is 0.0000317. The average molecular weight is 360 g/mol. The second-order valence-corrected chi connectivity index (χ2v) is 9.62. The van der Waals surface area contributed by atoms with Crippen LogP contribution in [0.1, 0.15) is 72.6 Å². The number of carbonyl (C=O) groups is 2. The summed E-state index contributed by atoms with van der Waals surface area (Å²) >= 11 is 0. The van der Waals surface area contributed by atoms with Crippen molar-refractivity contribution in [3.63, 3.8) is 0 Å². The van der Waals surface area contributed by atoms with Gasteiger partial charge in [-0.3, -0.25) is 9.59 Å². The van der Waals surface area contributed by atoms with Crippen LogP contribution < -0.4 is 0 Å². The number of hydrogen-bond acceptors (Lipinski definition) is 4. The predicted octanol–water partition coefficient (Wildman–Crippen LogP) is 4.63. The highest BCUT2D eigenvalue weighted by atomic mass is 16.5. The maximum absolute atomic E-state index is 11.8. The van der Waals surface area contributed by atoms with Gasteiger partial charge in [-0.1, -0.05) is 13.8 Å². The first-order chi connectivity index (χ1) is 12.3. The lowest BCUT2D eigenvalue weighted by atomic mass is 9.49. The maximum atomic E-state index is 11.8. The first kappa shape index (κ1) is 18.1. The Hall–Kier alpha value is -1.32. The number of carbonyl (C=O) groups excluding carboxylic acids is 2. The summed E-state index contributed by atoms with van der Waals surface area (Å²) in [7, 11) is 0. The molecule has 7 atom stereocenters. The van der Waals surface area contributed by atoms with Gasteiger partial charge in [0.15, 0.2) is 0 Å². The SMILES string of the molecule is CC(=O)O[C@@H](C)[C@H]1CC[C@H]2[C@@H]3CC=C4OC(=O)CC[C@@]4(C)C3CCC12C. The molecule has 144 valence electrons. The fraction of sp³-hybridized carbons (Fsp3) is 0.818. The van der Waals surface area contributed by atoms with Crippen LogP contribution in [-0.2, 0) is 19.1 Å². The molecule has 1 aliphatic heterocycles. The van der Waals surface area contributed by atoms with Gasteiger partial charge in [-0.05, 0) is 74.7 Å². The van der Waals surface area contributed by atoms with Crippen molar-refractivity contribution in [1.82, 2.24) is 0 Å². The van der Waals surface area contributed by atoms with Crippen molar-refractivity contribution in [3.05, 3.63) is 11.8 Å². The molecule has 2 saturated carbocycles. The normalized spacial score (nSPS) is 45.5. The van der Waals surface area contributed by atoms with E-state index in [-0.39, 0.29) is 28.9 Å². The Balaban J connectivity index is 1.60. The molecule has 0 N–H and O–H groups in total. The van der Waals surface area contributed by atoms with E-state index in [2.05, 4.69) is 26.8 Å². The summed E-state index contributed by atoms with van der Waals surface area (Å²) in [5.41, 5.74) is 0.279. The minimum Gasteiger partial charge on any atom is -0.463 e. The van der Waals surface area contributed by atoms with Gasteiger partial charge in [0.1, 0.15) is 11.9 Å². The van der Waals surface area contributed by atoms with E-state index in [4.69, 9.17) is 9.47 Å². The summed E-state index contributed by atoms with van der Waals surface area (Å²) in [6, 6.07) is 0. The third-order valence-electron chi connectivity index (χ3n) is 8.46. The quantitative estimate of drug-likeness (QED) is 0.674. The molecular weight excluding hydrogens is 328 g/mol. The molecule has 0 spiro atoms. The molecule has 26 heavy (non-hydrogen) atoms. The summed E-state index contributed by atoms with van der Waals surface area (Å²) in [6.07, 6.45) is 9.47. The first-order valence-corrected chi connectivity index (χ1v) is 10.3. The van der Waals surface area contributed by atoms with E-state index in [0.717, 1.165) is 25.0 Å². The van der Waals surface area contributed by atoms with Crippen molar-refractivity contribution >= 4 is 11.9 Å². The van der Waals surface area contributed by atoms with Gasteiger partial charge in [-0.25, -0.2) is 0 Å². The van der Waals surface area contributed by atoms with E-state index in [1.54, 1.807) is 0 Å². The van der Waals surface area contributed by atoms with Crippen LogP contribution in [0.2, 0.25) is 0 Å². The first-order valence-electron chi connectivity index (χ1n) is 10.3. The molecule has 1 heterocycles. The van der Waals surface area contributed by atoms with Crippen LogP contribution in [0.25, 0.3) is 0 Å². The van der Waals surface area contributed by atoms with Crippen LogP contribution in [0.3, 0.4) is 0 Å². The maximum Gasteiger partial charge on any atom is 0.310 e. The van der Waals surface area contributed by atoms with E-state index < -0.39 is 0 Å². The monoisotopic (exact) mass is 360 g/mol. The number of hydrogen-bond donors (Lipinski definition) is 0. The molecule has 0 aromatic carbocycles. The number of rotatable bonds is 2. The highest BCUT2D eigenvalue weighted by Gasteiger charge is 2.60. The fourth-order valence-electron chi connectivity index (χ4n) is 7.22. The molecule has 0 aromatic rings. The Labute approximate surface area is 156 Å². The topological polar surface area (TPSA) is 52.6 Å². The van der Waals surface area contributed by atoms with Gasteiger partial charge < -0.3 is 9.47 Å². The molecule has 4 aliphatic rings. The lowest BCUT2D eigenvalue weighted by Crippen LogP contribution is -2.51. The Bertz CT molecular complexity index is 653. The van der Waals surface area contributed by atoms with Crippen molar-refractivity contribution in [1.29, 1.82) is 0 Å². The second-order valence-electron chi connectivity index (χ2n) is 9.62. The molecule has 3 aliphatic carbocycles. The molecule has 0 radical (unpaired) electrons. The van der Waals surface area contributed by atoms with E-state index >= 15 is 0 Å². The van der Waals surface area contributed by atoms with Crippen LogP contribution in [0.4, 0.5) is 0 Å².